The van der Waals surface area contributed by atoms with E-state index in [1.165, 1.54) is 6.33 Å². The Kier molecular flexibility index (Phi) is 4.59. The summed E-state index contributed by atoms with van der Waals surface area (Å²) in [5, 5.41) is 21.2. The average Bonchev–Trinajstić information content (AvgIpc) is 3.19. The van der Waals surface area contributed by atoms with Gasteiger partial charge in [0.25, 0.3) is 0 Å². The second-order valence-corrected chi connectivity index (χ2v) is 5.53. The summed E-state index contributed by atoms with van der Waals surface area (Å²) in [6.45, 7) is 2.56. The fourth-order valence-corrected chi connectivity index (χ4v) is 2.68. The third-order valence-corrected chi connectivity index (χ3v) is 3.81. The molecule has 3 aromatic rings. The van der Waals surface area contributed by atoms with E-state index < -0.39 is 0 Å². The van der Waals surface area contributed by atoms with Crippen LogP contribution in [0.3, 0.4) is 0 Å². The molecule has 0 saturated carbocycles. The van der Waals surface area contributed by atoms with Gasteiger partial charge < -0.3 is 10.4 Å². The molecule has 2 heterocycles. The monoisotopic (exact) mass is 332 g/mol. The highest BCUT2D eigenvalue weighted by Gasteiger charge is 2.12. The van der Waals surface area contributed by atoms with Crippen LogP contribution in [0.1, 0.15) is 18.5 Å². The fourth-order valence-electron chi connectivity index (χ4n) is 2.34. The van der Waals surface area contributed by atoms with E-state index in [0.29, 0.717) is 11.6 Å². The summed E-state index contributed by atoms with van der Waals surface area (Å²) >= 11 is 6.41. The lowest BCUT2D eigenvalue weighted by atomic mass is 10.1. The zero-order valence-electron chi connectivity index (χ0n) is 12.6. The van der Waals surface area contributed by atoms with Gasteiger partial charge >= 0.3 is 0 Å². The van der Waals surface area contributed by atoms with Crippen LogP contribution in [0.15, 0.2) is 43.2 Å². The summed E-state index contributed by atoms with van der Waals surface area (Å²) in [6.07, 6.45) is 6.69. The van der Waals surface area contributed by atoms with Gasteiger partial charge in [0.2, 0.25) is 0 Å². The lowest BCUT2D eigenvalue weighted by molar-refractivity contribution is 0.269. The minimum Gasteiger partial charge on any atom is -0.394 e. The van der Waals surface area contributed by atoms with Crippen LogP contribution in [0.4, 0.5) is 5.69 Å². The van der Waals surface area contributed by atoms with Crippen molar-refractivity contribution >= 4 is 17.3 Å². The van der Waals surface area contributed by atoms with Crippen molar-refractivity contribution in [2.75, 3.05) is 11.9 Å². The lowest BCUT2D eigenvalue weighted by Gasteiger charge is -2.16. The zero-order chi connectivity index (χ0) is 16.2. The van der Waals surface area contributed by atoms with Gasteiger partial charge in [0.05, 0.1) is 36.8 Å². The molecule has 0 aliphatic carbocycles. The fraction of sp³-hybridized carbons (Fsp3) is 0.267. The summed E-state index contributed by atoms with van der Waals surface area (Å²) in [5.41, 5.74) is 2.71. The number of nitrogens with one attached hydrogen (secondary N) is 1. The Balaban J connectivity index is 1.75. The molecule has 1 atom stereocenters. The largest absolute Gasteiger partial charge is 0.394 e. The van der Waals surface area contributed by atoms with E-state index in [1.807, 2.05) is 31.3 Å². The molecule has 2 aromatic heterocycles. The van der Waals surface area contributed by atoms with Gasteiger partial charge in [-0.15, -0.1) is 0 Å². The maximum absolute atomic E-state index is 8.92. The van der Waals surface area contributed by atoms with Crippen LogP contribution in [0.25, 0.3) is 5.69 Å². The minimum atomic E-state index is 0.0130. The van der Waals surface area contributed by atoms with Crippen LogP contribution >= 0.6 is 11.6 Å². The molecule has 0 amide bonds. The van der Waals surface area contributed by atoms with Gasteiger partial charge in [-0.2, -0.15) is 10.2 Å². The third kappa shape index (κ3) is 3.52. The number of aliphatic hydroxyl groups excluding tert-OH is 1. The first-order valence-corrected chi connectivity index (χ1v) is 7.59. The summed E-state index contributed by atoms with van der Waals surface area (Å²) in [6, 6.07) is 5.79. The number of rotatable bonds is 6. The molecule has 0 fully saturated rings. The Morgan fingerprint density at radius 1 is 1.35 bits per heavy atom. The smallest absolute Gasteiger partial charge is 0.138 e. The van der Waals surface area contributed by atoms with E-state index in [-0.39, 0.29) is 12.6 Å². The molecule has 0 spiro atoms. The van der Waals surface area contributed by atoms with Gasteiger partial charge in [0, 0.05) is 11.2 Å². The van der Waals surface area contributed by atoms with E-state index in [4.69, 9.17) is 16.7 Å². The van der Waals surface area contributed by atoms with Gasteiger partial charge in [-0.25, -0.2) is 9.67 Å². The van der Waals surface area contributed by atoms with E-state index in [9.17, 15) is 0 Å². The Morgan fingerprint density at radius 2 is 2.22 bits per heavy atom. The van der Waals surface area contributed by atoms with Crippen molar-refractivity contribution in [3.05, 3.63) is 53.8 Å². The van der Waals surface area contributed by atoms with Crippen molar-refractivity contribution in [2.45, 2.75) is 19.5 Å². The molecule has 120 valence electrons. The van der Waals surface area contributed by atoms with Gasteiger partial charge in [-0.1, -0.05) is 17.7 Å². The van der Waals surface area contributed by atoms with E-state index in [0.717, 1.165) is 16.9 Å². The molecular weight excluding hydrogens is 316 g/mol. The lowest BCUT2D eigenvalue weighted by Crippen LogP contribution is -2.07. The van der Waals surface area contributed by atoms with Crippen molar-refractivity contribution < 1.29 is 5.11 Å². The second-order valence-electron chi connectivity index (χ2n) is 5.13. The van der Waals surface area contributed by atoms with Crippen molar-refractivity contribution in [1.29, 1.82) is 0 Å². The van der Waals surface area contributed by atoms with Crippen LogP contribution in [0.5, 0.6) is 0 Å². The number of anilines is 1. The molecule has 8 heteroatoms. The molecule has 0 radical (unpaired) electrons. The molecule has 23 heavy (non-hydrogen) atoms. The maximum atomic E-state index is 8.92. The summed E-state index contributed by atoms with van der Waals surface area (Å²) in [5.74, 6) is 0. The number of nitrogens with zero attached hydrogens (tertiary/aromatic N) is 5. The third-order valence-electron chi connectivity index (χ3n) is 3.48. The quantitative estimate of drug-likeness (QED) is 0.724. The highest BCUT2D eigenvalue weighted by atomic mass is 35.5. The first-order valence-electron chi connectivity index (χ1n) is 7.21. The molecule has 0 aliphatic rings. The van der Waals surface area contributed by atoms with Gasteiger partial charge in [0.15, 0.2) is 0 Å². The number of hydrogen-bond donors (Lipinski definition) is 2. The van der Waals surface area contributed by atoms with E-state index in [1.54, 1.807) is 21.9 Å². The molecule has 0 bridgehead atoms. The van der Waals surface area contributed by atoms with E-state index in [2.05, 4.69) is 20.5 Å². The number of benzene rings is 1. The Bertz CT molecular complexity index is 770. The van der Waals surface area contributed by atoms with Crippen LogP contribution in [0.2, 0.25) is 5.02 Å². The van der Waals surface area contributed by atoms with Gasteiger partial charge in [0.1, 0.15) is 12.7 Å². The predicted octanol–water partition coefficient (Wildman–Crippen LogP) is 2.28. The molecular formula is C15H17ClN6O. The van der Waals surface area contributed by atoms with Crippen molar-refractivity contribution in [1.82, 2.24) is 24.5 Å². The first kappa shape index (κ1) is 15.5. The van der Waals surface area contributed by atoms with Gasteiger partial charge in [-0.3, -0.25) is 4.68 Å². The summed E-state index contributed by atoms with van der Waals surface area (Å²) in [4.78, 5) is 3.93. The minimum absolute atomic E-state index is 0.0130. The zero-order valence-corrected chi connectivity index (χ0v) is 13.4. The van der Waals surface area contributed by atoms with Crippen LogP contribution in [0, 0.1) is 0 Å². The number of halogens is 1. The highest BCUT2D eigenvalue weighted by Crippen LogP contribution is 2.27. The molecule has 1 aromatic carbocycles. The molecule has 2 N–H and O–H groups in total. The SMILES string of the molecule is CC(Nc1cnn(CCO)c1)c1ccc(-n2cncn2)cc1Cl. The Hall–Kier alpha value is -2.38. The second kappa shape index (κ2) is 6.80. The Labute approximate surface area is 138 Å². The number of hydrogen-bond acceptors (Lipinski definition) is 5. The maximum Gasteiger partial charge on any atom is 0.138 e. The summed E-state index contributed by atoms with van der Waals surface area (Å²) < 4.78 is 3.34. The van der Waals surface area contributed by atoms with Crippen LogP contribution < -0.4 is 5.32 Å². The number of aliphatic hydroxyl groups is 1. The number of aromatic nitrogens is 5. The Morgan fingerprint density at radius 3 is 2.91 bits per heavy atom. The van der Waals surface area contributed by atoms with Crippen molar-refractivity contribution in [2.24, 2.45) is 0 Å². The normalized spacial score (nSPS) is 12.3. The molecule has 7 nitrogen and oxygen atoms in total. The van der Waals surface area contributed by atoms with Crippen LogP contribution in [-0.4, -0.2) is 36.3 Å². The highest BCUT2D eigenvalue weighted by molar-refractivity contribution is 6.31. The molecule has 3 rings (SSSR count). The van der Waals surface area contributed by atoms with Crippen molar-refractivity contribution in [3.8, 4) is 5.69 Å². The average molecular weight is 333 g/mol. The summed E-state index contributed by atoms with van der Waals surface area (Å²) in [7, 11) is 0. The topological polar surface area (TPSA) is 80.8 Å². The molecule has 1 unspecified atom stereocenters. The standard InChI is InChI=1S/C15H17ClN6O/c1-11(20-12-7-18-21(8-12)4-5-23)14-3-2-13(6-15(14)16)22-10-17-9-19-22/h2-3,6-11,20,23H,4-5H2,1H3. The van der Waals surface area contributed by atoms with Crippen molar-refractivity contribution in [3.63, 3.8) is 0 Å². The molecule has 0 aliphatic heterocycles. The van der Waals surface area contributed by atoms with Crippen LogP contribution in [-0.2, 0) is 6.54 Å². The molecule has 0 saturated heterocycles. The van der Waals surface area contributed by atoms with Gasteiger partial charge in [-0.05, 0) is 24.6 Å². The first-order chi connectivity index (χ1) is 11.2. The predicted molar refractivity (Wildman–Crippen MR) is 87.7 cm³/mol. The van der Waals surface area contributed by atoms with E-state index >= 15 is 0 Å².